The third kappa shape index (κ3) is 3.13. The standard InChI is InChI=1S/C24H21N5O4/c1-26-16-27(18-10-7-11-19(15-18)29(32)33)24(20-12-5-6-13-21(20)25-23(24)31)28(26)22(30)14-17-8-3-2-4-9-17/h2-13,15H,14,16H2,1H3,(H,25,31). The van der Waals surface area contributed by atoms with E-state index in [0.717, 1.165) is 5.56 Å². The molecule has 166 valence electrons. The number of amides is 2. The lowest BCUT2D eigenvalue weighted by atomic mass is 9.97. The molecule has 2 aliphatic rings. The number of anilines is 2. The van der Waals surface area contributed by atoms with Crippen LogP contribution in [0.25, 0.3) is 0 Å². The Morgan fingerprint density at radius 2 is 1.79 bits per heavy atom. The third-order valence-corrected chi connectivity index (χ3v) is 6.04. The van der Waals surface area contributed by atoms with E-state index in [4.69, 9.17) is 0 Å². The van der Waals surface area contributed by atoms with Crippen LogP contribution in [-0.2, 0) is 21.7 Å². The van der Waals surface area contributed by atoms with Gasteiger partial charge in [0.2, 0.25) is 11.6 Å². The van der Waals surface area contributed by atoms with Crippen LogP contribution in [0, 0.1) is 10.1 Å². The van der Waals surface area contributed by atoms with Crippen LogP contribution in [-0.4, -0.2) is 40.5 Å². The number of benzene rings is 3. The van der Waals surface area contributed by atoms with Crippen LogP contribution in [0.5, 0.6) is 0 Å². The lowest BCUT2D eigenvalue weighted by Crippen LogP contribution is -2.59. The summed E-state index contributed by atoms with van der Waals surface area (Å²) in [5.41, 5.74) is 0.917. The van der Waals surface area contributed by atoms with Gasteiger partial charge in [-0.3, -0.25) is 19.7 Å². The SMILES string of the molecule is CN1CN(c2cccc([N+](=O)[O-])c2)C2(C(=O)Nc3ccccc32)N1C(=O)Cc1ccccc1. The highest BCUT2D eigenvalue weighted by atomic mass is 16.6. The van der Waals surface area contributed by atoms with E-state index in [0.29, 0.717) is 16.9 Å². The molecule has 2 aliphatic heterocycles. The van der Waals surface area contributed by atoms with Gasteiger partial charge in [-0.15, -0.1) is 0 Å². The quantitative estimate of drug-likeness (QED) is 0.491. The zero-order chi connectivity index (χ0) is 23.2. The number of hydrogen-bond donors (Lipinski definition) is 1. The molecule has 1 unspecified atom stereocenters. The van der Waals surface area contributed by atoms with E-state index in [1.165, 1.54) is 17.1 Å². The number of nitro groups is 1. The highest BCUT2D eigenvalue weighted by molar-refractivity contribution is 6.10. The van der Waals surface area contributed by atoms with Crippen molar-refractivity contribution in [3.05, 3.63) is 100 Å². The predicted molar refractivity (Wildman–Crippen MR) is 122 cm³/mol. The molecule has 1 N–H and O–H groups in total. The third-order valence-electron chi connectivity index (χ3n) is 6.04. The van der Waals surface area contributed by atoms with Gasteiger partial charge in [0.05, 0.1) is 18.0 Å². The summed E-state index contributed by atoms with van der Waals surface area (Å²) in [7, 11) is 1.73. The molecule has 33 heavy (non-hydrogen) atoms. The van der Waals surface area contributed by atoms with Gasteiger partial charge >= 0.3 is 0 Å². The molecule has 0 aliphatic carbocycles. The zero-order valence-corrected chi connectivity index (χ0v) is 17.8. The van der Waals surface area contributed by atoms with E-state index in [-0.39, 0.29) is 30.6 Å². The average Bonchev–Trinajstić information content (AvgIpc) is 3.29. The van der Waals surface area contributed by atoms with Crippen molar-refractivity contribution in [1.29, 1.82) is 0 Å². The number of rotatable bonds is 4. The van der Waals surface area contributed by atoms with Crippen LogP contribution in [0.1, 0.15) is 11.1 Å². The molecule has 9 heteroatoms. The lowest BCUT2D eigenvalue weighted by molar-refractivity contribution is -0.384. The van der Waals surface area contributed by atoms with E-state index < -0.39 is 10.6 Å². The Hall–Kier alpha value is -4.24. The zero-order valence-electron chi connectivity index (χ0n) is 17.8. The summed E-state index contributed by atoms with van der Waals surface area (Å²) >= 11 is 0. The first-order chi connectivity index (χ1) is 15.9. The number of nitro benzene ring substituents is 1. The summed E-state index contributed by atoms with van der Waals surface area (Å²) in [5.74, 6) is -0.649. The number of fused-ring (bicyclic) bond motifs is 2. The first-order valence-corrected chi connectivity index (χ1v) is 10.4. The van der Waals surface area contributed by atoms with Crippen LogP contribution in [0.3, 0.4) is 0 Å². The van der Waals surface area contributed by atoms with Crippen molar-refractivity contribution in [2.24, 2.45) is 0 Å². The molecule has 1 atom stereocenters. The smallest absolute Gasteiger partial charge is 0.277 e. The van der Waals surface area contributed by atoms with Gasteiger partial charge in [-0.05, 0) is 17.7 Å². The maximum absolute atomic E-state index is 13.7. The Morgan fingerprint density at radius 3 is 2.55 bits per heavy atom. The van der Waals surface area contributed by atoms with Gasteiger partial charge in [0.25, 0.3) is 11.6 Å². The fourth-order valence-corrected chi connectivity index (χ4v) is 4.70. The van der Waals surface area contributed by atoms with Crippen LogP contribution in [0.2, 0.25) is 0 Å². The minimum Gasteiger partial charge on any atom is -0.322 e. The molecular formula is C24H21N5O4. The van der Waals surface area contributed by atoms with Gasteiger partial charge < -0.3 is 10.2 Å². The molecule has 0 bridgehead atoms. The predicted octanol–water partition coefficient (Wildman–Crippen LogP) is 3.10. The molecule has 1 saturated heterocycles. The molecular weight excluding hydrogens is 422 g/mol. The average molecular weight is 443 g/mol. The number of hydrogen-bond acceptors (Lipinski definition) is 6. The second-order valence-electron chi connectivity index (χ2n) is 8.04. The molecule has 1 spiro atoms. The number of hydrazine groups is 1. The Morgan fingerprint density at radius 1 is 1.06 bits per heavy atom. The number of carbonyl (C=O) groups excluding carboxylic acids is 2. The molecule has 3 aromatic rings. The molecule has 2 amide bonds. The molecule has 0 saturated carbocycles. The Bertz CT molecular complexity index is 1260. The Labute approximate surface area is 189 Å². The molecule has 3 aromatic carbocycles. The maximum atomic E-state index is 13.7. The van der Waals surface area contributed by atoms with E-state index in [9.17, 15) is 19.7 Å². The van der Waals surface area contributed by atoms with E-state index in [1.807, 2.05) is 42.5 Å². The second-order valence-corrected chi connectivity index (χ2v) is 8.04. The normalized spacial score (nSPS) is 19.6. The number of carbonyl (C=O) groups is 2. The van der Waals surface area contributed by atoms with Crippen molar-refractivity contribution >= 4 is 28.9 Å². The summed E-state index contributed by atoms with van der Waals surface area (Å²) < 4.78 is 0. The van der Waals surface area contributed by atoms with Crippen molar-refractivity contribution in [3.63, 3.8) is 0 Å². The van der Waals surface area contributed by atoms with Crippen LogP contribution in [0.15, 0.2) is 78.9 Å². The van der Waals surface area contributed by atoms with Gasteiger partial charge in [0.1, 0.15) is 0 Å². The maximum Gasteiger partial charge on any atom is 0.277 e. The monoisotopic (exact) mass is 443 g/mol. The Kier molecular flexibility index (Phi) is 4.83. The number of nitrogens with one attached hydrogen (secondary N) is 1. The van der Waals surface area contributed by atoms with Crippen molar-refractivity contribution in [2.45, 2.75) is 12.1 Å². The first kappa shape index (κ1) is 20.7. The number of para-hydroxylation sites is 1. The molecule has 9 nitrogen and oxygen atoms in total. The minimum absolute atomic E-state index is 0.0916. The topological polar surface area (TPSA) is 99.0 Å². The molecule has 0 radical (unpaired) electrons. The van der Waals surface area contributed by atoms with E-state index in [2.05, 4.69) is 5.32 Å². The summed E-state index contributed by atoms with van der Waals surface area (Å²) in [6.45, 7) is 0.184. The summed E-state index contributed by atoms with van der Waals surface area (Å²) in [5, 5.41) is 17.5. The van der Waals surface area contributed by atoms with Crippen molar-refractivity contribution in [1.82, 2.24) is 10.0 Å². The van der Waals surface area contributed by atoms with Gasteiger partial charge in [-0.2, -0.15) is 5.01 Å². The Balaban J connectivity index is 1.67. The van der Waals surface area contributed by atoms with Crippen molar-refractivity contribution in [3.8, 4) is 0 Å². The second kappa shape index (κ2) is 7.72. The highest BCUT2D eigenvalue weighted by Gasteiger charge is 2.63. The summed E-state index contributed by atoms with van der Waals surface area (Å²) in [6, 6.07) is 22.6. The van der Waals surface area contributed by atoms with Gasteiger partial charge in [0, 0.05) is 36.1 Å². The molecule has 0 aromatic heterocycles. The van der Waals surface area contributed by atoms with Gasteiger partial charge in [-0.1, -0.05) is 54.6 Å². The number of nitrogens with zero attached hydrogens (tertiary/aromatic N) is 4. The van der Waals surface area contributed by atoms with Crippen LogP contribution in [0.4, 0.5) is 17.1 Å². The first-order valence-electron chi connectivity index (χ1n) is 10.4. The molecule has 5 rings (SSSR count). The fourth-order valence-electron chi connectivity index (χ4n) is 4.70. The fraction of sp³-hybridized carbons (Fsp3) is 0.167. The summed E-state index contributed by atoms with van der Waals surface area (Å²) in [6.07, 6.45) is 0.102. The molecule has 2 heterocycles. The van der Waals surface area contributed by atoms with Gasteiger partial charge in [0.15, 0.2) is 0 Å². The van der Waals surface area contributed by atoms with Crippen molar-refractivity contribution in [2.75, 3.05) is 23.9 Å². The largest absolute Gasteiger partial charge is 0.322 e. The minimum atomic E-state index is -1.51. The van der Waals surface area contributed by atoms with Crippen LogP contribution >= 0.6 is 0 Å². The number of non-ortho nitro benzene ring substituents is 1. The summed E-state index contributed by atoms with van der Waals surface area (Å²) in [4.78, 5) is 40.0. The van der Waals surface area contributed by atoms with Crippen molar-refractivity contribution < 1.29 is 14.5 Å². The highest BCUT2D eigenvalue weighted by Crippen LogP contribution is 2.49. The van der Waals surface area contributed by atoms with E-state index in [1.54, 1.807) is 41.2 Å². The van der Waals surface area contributed by atoms with Crippen LogP contribution < -0.4 is 10.2 Å². The lowest BCUT2D eigenvalue weighted by Gasteiger charge is -2.39. The van der Waals surface area contributed by atoms with E-state index >= 15 is 0 Å². The van der Waals surface area contributed by atoms with Gasteiger partial charge in [-0.25, -0.2) is 5.01 Å². The molecule has 1 fully saturated rings.